The molecule has 5 heteroatoms. The van der Waals surface area contributed by atoms with Crippen LogP contribution in [0.1, 0.15) is 39.2 Å². The van der Waals surface area contributed by atoms with Crippen LogP contribution in [-0.4, -0.2) is 33.7 Å². The molecule has 1 amide bonds. The number of amides is 1. The van der Waals surface area contributed by atoms with Gasteiger partial charge in [0.2, 0.25) is 5.95 Å². The standard InChI is InChI=1S/C16H19FN2O2/c1-16(2,3)21-15(20)19-11-5-6-13(19)12(8-11)10-4-7-14(17)18-9-10/h4,7-9,11,13H,5-6H2,1-3H3. The maximum Gasteiger partial charge on any atom is 0.411 e. The monoisotopic (exact) mass is 290 g/mol. The lowest BCUT2D eigenvalue weighted by Crippen LogP contribution is -2.40. The molecule has 3 heterocycles. The first kappa shape index (κ1) is 14.0. The zero-order valence-corrected chi connectivity index (χ0v) is 12.5. The predicted molar refractivity (Wildman–Crippen MR) is 77.1 cm³/mol. The van der Waals surface area contributed by atoms with Crippen LogP contribution in [-0.2, 0) is 4.74 Å². The van der Waals surface area contributed by atoms with Crippen molar-refractivity contribution in [3.05, 3.63) is 35.9 Å². The van der Waals surface area contributed by atoms with Gasteiger partial charge in [0.05, 0.1) is 12.1 Å². The van der Waals surface area contributed by atoms with Crippen molar-refractivity contribution < 1.29 is 13.9 Å². The summed E-state index contributed by atoms with van der Waals surface area (Å²) in [4.78, 5) is 17.8. The molecule has 4 nitrogen and oxygen atoms in total. The molecular formula is C16H19FN2O2. The summed E-state index contributed by atoms with van der Waals surface area (Å²) in [7, 11) is 0. The molecule has 2 aliphatic rings. The molecule has 1 aromatic rings. The molecule has 112 valence electrons. The minimum atomic E-state index is -0.503. The molecule has 0 aromatic carbocycles. The topological polar surface area (TPSA) is 42.4 Å². The van der Waals surface area contributed by atoms with Crippen LogP contribution in [0.15, 0.2) is 24.4 Å². The molecule has 21 heavy (non-hydrogen) atoms. The molecule has 2 bridgehead atoms. The number of nitrogens with zero attached hydrogens (tertiary/aromatic N) is 2. The van der Waals surface area contributed by atoms with E-state index in [0.717, 1.165) is 24.0 Å². The fraction of sp³-hybridized carbons (Fsp3) is 0.500. The summed E-state index contributed by atoms with van der Waals surface area (Å²) in [6.45, 7) is 5.59. The van der Waals surface area contributed by atoms with Crippen molar-refractivity contribution in [3.8, 4) is 0 Å². The van der Waals surface area contributed by atoms with Crippen LogP contribution in [0.4, 0.5) is 9.18 Å². The summed E-state index contributed by atoms with van der Waals surface area (Å²) >= 11 is 0. The maximum absolute atomic E-state index is 12.9. The fourth-order valence-electron chi connectivity index (χ4n) is 3.04. The molecule has 1 aromatic heterocycles. The number of aromatic nitrogens is 1. The fourth-order valence-corrected chi connectivity index (χ4v) is 3.04. The first-order valence-corrected chi connectivity index (χ1v) is 7.20. The van der Waals surface area contributed by atoms with Gasteiger partial charge in [0, 0.05) is 6.20 Å². The second-order valence-corrected chi connectivity index (χ2v) is 6.54. The van der Waals surface area contributed by atoms with Gasteiger partial charge in [-0.15, -0.1) is 0 Å². The minimum Gasteiger partial charge on any atom is -0.444 e. The van der Waals surface area contributed by atoms with Gasteiger partial charge in [-0.05, 0) is 56.9 Å². The van der Waals surface area contributed by atoms with Crippen LogP contribution < -0.4 is 0 Å². The highest BCUT2D eigenvalue weighted by Gasteiger charge is 2.45. The third-order valence-corrected chi connectivity index (χ3v) is 3.82. The minimum absolute atomic E-state index is 0.0112. The lowest BCUT2D eigenvalue weighted by molar-refractivity contribution is 0.0235. The van der Waals surface area contributed by atoms with Gasteiger partial charge in [0.1, 0.15) is 5.60 Å². The van der Waals surface area contributed by atoms with Crippen LogP contribution in [0.25, 0.3) is 5.57 Å². The number of rotatable bonds is 1. The SMILES string of the molecule is CC(C)(C)OC(=O)N1C2C=C(c3ccc(F)nc3)C1CC2. The largest absolute Gasteiger partial charge is 0.444 e. The first-order valence-electron chi connectivity index (χ1n) is 7.20. The van der Waals surface area contributed by atoms with Crippen LogP contribution in [0.3, 0.4) is 0 Å². The van der Waals surface area contributed by atoms with Gasteiger partial charge in [-0.1, -0.05) is 6.08 Å². The molecular weight excluding hydrogens is 271 g/mol. The predicted octanol–water partition coefficient (Wildman–Crippen LogP) is 3.39. The number of ether oxygens (including phenoxy) is 1. The van der Waals surface area contributed by atoms with E-state index in [2.05, 4.69) is 11.1 Å². The zero-order chi connectivity index (χ0) is 15.2. The van der Waals surface area contributed by atoms with E-state index >= 15 is 0 Å². The van der Waals surface area contributed by atoms with Crippen molar-refractivity contribution in [3.63, 3.8) is 0 Å². The van der Waals surface area contributed by atoms with E-state index in [9.17, 15) is 9.18 Å². The summed E-state index contributed by atoms with van der Waals surface area (Å²) in [5.41, 5.74) is 1.42. The average Bonchev–Trinajstić information content (AvgIpc) is 2.95. The summed E-state index contributed by atoms with van der Waals surface area (Å²) in [5, 5.41) is 0. The quantitative estimate of drug-likeness (QED) is 0.745. The molecule has 0 N–H and O–H groups in total. The van der Waals surface area contributed by atoms with Crippen molar-refractivity contribution in [1.29, 1.82) is 0 Å². The second-order valence-electron chi connectivity index (χ2n) is 6.54. The van der Waals surface area contributed by atoms with E-state index in [1.54, 1.807) is 11.0 Å². The van der Waals surface area contributed by atoms with E-state index in [1.807, 2.05) is 20.8 Å². The third kappa shape index (κ3) is 2.64. The van der Waals surface area contributed by atoms with Gasteiger partial charge in [0.25, 0.3) is 0 Å². The molecule has 3 rings (SSSR count). The molecule has 0 spiro atoms. The molecule has 2 unspecified atom stereocenters. The van der Waals surface area contributed by atoms with Crippen LogP contribution >= 0.6 is 0 Å². The number of carbonyl (C=O) groups excluding carboxylic acids is 1. The van der Waals surface area contributed by atoms with E-state index in [0.29, 0.717) is 0 Å². The van der Waals surface area contributed by atoms with Crippen molar-refractivity contribution in [1.82, 2.24) is 9.88 Å². The molecule has 0 radical (unpaired) electrons. The molecule has 0 saturated carbocycles. The lowest BCUT2D eigenvalue weighted by Gasteiger charge is -2.28. The zero-order valence-electron chi connectivity index (χ0n) is 12.5. The Labute approximate surface area is 123 Å². The number of hydrogen-bond donors (Lipinski definition) is 0. The van der Waals surface area contributed by atoms with Crippen LogP contribution in [0, 0.1) is 5.95 Å². The molecule has 1 fully saturated rings. The Morgan fingerprint density at radius 3 is 2.76 bits per heavy atom. The van der Waals surface area contributed by atoms with Gasteiger partial charge < -0.3 is 4.74 Å². The number of halogens is 1. The summed E-state index contributed by atoms with van der Waals surface area (Å²) < 4.78 is 18.4. The van der Waals surface area contributed by atoms with Crippen molar-refractivity contribution in [2.75, 3.05) is 0 Å². The molecule has 2 aliphatic heterocycles. The van der Waals surface area contributed by atoms with Crippen LogP contribution in [0.2, 0.25) is 0 Å². The summed E-state index contributed by atoms with van der Waals surface area (Å²) in [6, 6.07) is 3.14. The number of hydrogen-bond acceptors (Lipinski definition) is 3. The first-order chi connectivity index (χ1) is 9.85. The summed E-state index contributed by atoms with van der Waals surface area (Å²) in [5.74, 6) is -0.494. The van der Waals surface area contributed by atoms with Crippen molar-refractivity contribution in [2.45, 2.75) is 51.3 Å². The Hall–Kier alpha value is -1.91. The van der Waals surface area contributed by atoms with Gasteiger partial charge in [0.15, 0.2) is 0 Å². The third-order valence-electron chi connectivity index (χ3n) is 3.82. The van der Waals surface area contributed by atoms with Gasteiger partial charge in [-0.2, -0.15) is 4.39 Å². The maximum atomic E-state index is 12.9. The van der Waals surface area contributed by atoms with Gasteiger partial charge >= 0.3 is 6.09 Å². The van der Waals surface area contributed by atoms with Crippen molar-refractivity contribution in [2.24, 2.45) is 0 Å². The van der Waals surface area contributed by atoms with Gasteiger partial charge in [-0.25, -0.2) is 9.78 Å². The smallest absolute Gasteiger partial charge is 0.411 e. The highest BCUT2D eigenvalue weighted by atomic mass is 19.1. The Morgan fingerprint density at radius 1 is 1.38 bits per heavy atom. The Kier molecular flexibility index (Phi) is 3.23. The normalized spacial score (nSPS) is 24.2. The Morgan fingerprint density at radius 2 is 2.14 bits per heavy atom. The van der Waals surface area contributed by atoms with Crippen LogP contribution in [0.5, 0.6) is 0 Å². The Balaban J connectivity index is 1.81. The second kappa shape index (κ2) is 4.83. The average molecular weight is 290 g/mol. The molecule has 2 atom stereocenters. The highest BCUT2D eigenvalue weighted by molar-refractivity contribution is 5.81. The van der Waals surface area contributed by atoms with Crippen molar-refractivity contribution >= 4 is 11.7 Å². The highest BCUT2D eigenvalue weighted by Crippen LogP contribution is 2.42. The Bertz CT molecular complexity index is 589. The van der Waals surface area contributed by atoms with E-state index in [4.69, 9.17) is 4.74 Å². The van der Waals surface area contributed by atoms with E-state index < -0.39 is 11.5 Å². The van der Waals surface area contributed by atoms with Gasteiger partial charge in [-0.3, -0.25) is 4.90 Å². The lowest BCUT2D eigenvalue weighted by atomic mass is 9.94. The van der Waals surface area contributed by atoms with E-state index in [1.165, 1.54) is 12.3 Å². The summed E-state index contributed by atoms with van der Waals surface area (Å²) in [6.07, 6.45) is 5.17. The molecule has 1 saturated heterocycles. The number of pyridine rings is 1. The van der Waals surface area contributed by atoms with E-state index in [-0.39, 0.29) is 18.2 Å². The number of fused-ring (bicyclic) bond motifs is 2. The number of carbonyl (C=O) groups is 1. The molecule has 0 aliphatic carbocycles.